The van der Waals surface area contributed by atoms with Crippen molar-refractivity contribution in [3.63, 3.8) is 0 Å². The van der Waals surface area contributed by atoms with E-state index in [4.69, 9.17) is 11.6 Å². The lowest BCUT2D eigenvalue weighted by atomic mass is 10.0. The van der Waals surface area contributed by atoms with E-state index in [1.165, 1.54) is 6.07 Å². The Hall–Kier alpha value is -0.270. The fraction of sp³-hybridized carbons (Fsp3) is 0.538. The smallest absolute Gasteiger partial charge is 0.314 e. The van der Waals surface area contributed by atoms with Gasteiger partial charge in [-0.1, -0.05) is 11.6 Å². The molecule has 0 unspecified atom stereocenters. The van der Waals surface area contributed by atoms with Crippen LogP contribution < -0.4 is 5.32 Å². The molecule has 0 aromatic heterocycles. The van der Waals surface area contributed by atoms with Gasteiger partial charge in [-0.15, -0.1) is 24.8 Å². The summed E-state index contributed by atoms with van der Waals surface area (Å²) < 4.78 is 51.6. The van der Waals surface area contributed by atoms with E-state index in [0.29, 0.717) is 26.2 Å². The molecular weight excluding hydrogens is 367 g/mol. The molecule has 1 aliphatic heterocycles. The number of nitrogens with one attached hydrogen (secondary N) is 1. The molecule has 1 aromatic carbocycles. The first-order valence-corrected chi connectivity index (χ1v) is 6.68. The zero-order chi connectivity index (χ0) is 14.8. The molecule has 1 fully saturated rings. The van der Waals surface area contributed by atoms with E-state index < -0.39 is 24.5 Å². The summed E-state index contributed by atoms with van der Waals surface area (Å²) >= 11 is 5.96. The monoisotopic (exact) mass is 382 g/mol. The Morgan fingerprint density at radius 1 is 1.18 bits per heavy atom. The van der Waals surface area contributed by atoms with E-state index in [1.54, 1.807) is 0 Å². The van der Waals surface area contributed by atoms with Crippen LogP contribution >= 0.6 is 36.4 Å². The second-order valence-corrected chi connectivity index (χ2v) is 5.10. The summed E-state index contributed by atoms with van der Waals surface area (Å²) in [4.78, 5) is 1.82. The molecule has 1 saturated heterocycles. The summed E-state index contributed by atoms with van der Waals surface area (Å²) in [5.41, 5.74) is -0.601. The molecule has 0 radical (unpaired) electrons. The molecule has 0 aliphatic carbocycles. The van der Waals surface area contributed by atoms with Crippen molar-refractivity contribution in [2.24, 2.45) is 0 Å². The molecule has 128 valence electrons. The summed E-state index contributed by atoms with van der Waals surface area (Å²) in [6, 6.07) is 2.32. The van der Waals surface area contributed by atoms with E-state index in [0.717, 1.165) is 12.1 Å². The first-order valence-electron chi connectivity index (χ1n) is 6.31. The molecule has 0 bridgehead atoms. The number of nitrogens with zero attached hydrogens (tertiary/aromatic N) is 1. The molecule has 0 amide bonds. The Morgan fingerprint density at radius 3 is 2.27 bits per heavy atom. The van der Waals surface area contributed by atoms with Gasteiger partial charge in [0.15, 0.2) is 0 Å². The summed E-state index contributed by atoms with van der Waals surface area (Å²) in [6.07, 6.45) is -4.45. The normalized spacial score (nSPS) is 17.3. The van der Waals surface area contributed by atoms with Crippen LogP contribution in [-0.2, 0) is 6.18 Å². The van der Waals surface area contributed by atoms with Gasteiger partial charge in [0.2, 0.25) is 0 Å². The van der Waals surface area contributed by atoms with Gasteiger partial charge in [-0.25, -0.2) is 4.39 Å². The van der Waals surface area contributed by atoms with Gasteiger partial charge in [-0.05, 0) is 23.8 Å². The quantitative estimate of drug-likeness (QED) is 0.790. The molecular formula is C13H17Cl3F4N2. The molecule has 1 N–H and O–H groups in total. The minimum Gasteiger partial charge on any atom is -0.314 e. The van der Waals surface area contributed by atoms with Crippen molar-refractivity contribution in [1.82, 2.24) is 10.2 Å². The number of hydrogen-bond donors (Lipinski definition) is 1. The molecule has 0 saturated carbocycles. The zero-order valence-corrected chi connectivity index (χ0v) is 13.9. The van der Waals surface area contributed by atoms with Crippen LogP contribution in [0.2, 0.25) is 5.02 Å². The Balaban J connectivity index is 0.00000220. The average Bonchev–Trinajstić information content (AvgIpc) is 2.41. The van der Waals surface area contributed by atoms with Crippen LogP contribution in [0.15, 0.2) is 18.2 Å². The van der Waals surface area contributed by atoms with E-state index in [1.807, 2.05) is 4.90 Å². The van der Waals surface area contributed by atoms with E-state index in [-0.39, 0.29) is 35.4 Å². The number of piperazine rings is 1. The minimum absolute atomic E-state index is 0. The summed E-state index contributed by atoms with van der Waals surface area (Å²) in [5, 5.41) is 3.28. The molecule has 1 atom stereocenters. The van der Waals surface area contributed by atoms with Gasteiger partial charge in [-0.3, -0.25) is 4.90 Å². The van der Waals surface area contributed by atoms with Crippen molar-refractivity contribution in [2.45, 2.75) is 12.2 Å². The Bertz CT molecular complexity index is 465. The van der Waals surface area contributed by atoms with Gasteiger partial charge in [0, 0.05) is 31.2 Å². The van der Waals surface area contributed by atoms with Crippen molar-refractivity contribution < 1.29 is 17.6 Å². The van der Waals surface area contributed by atoms with Gasteiger partial charge < -0.3 is 5.32 Å². The highest BCUT2D eigenvalue weighted by atomic mass is 35.5. The van der Waals surface area contributed by atoms with Crippen LogP contribution in [-0.4, -0.2) is 37.8 Å². The largest absolute Gasteiger partial charge is 0.416 e. The van der Waals surface area contributed by atoms with Crippen LogP contribution in [0.25, 0.3) is 0 Å². The van der Waals surface area contributed by atoms with Gasteiger partial charge in [0.1, 0.15) is 6.67 Å². The maximum atomic E-state index is 13.3. The second-order valence-electron chi connectivity index (χ2n) is 4.69. The number of alkyl halides is 4. The topological polar surface area (TPSA) is 15.3 Å². The Kier molecular flexibility index (Phi) is 9.02. The van der Waals surface area contributed by atoms with Crippen molar-refractivity contribution >= 4 is 36.4 Å². The van der Waals surface area contributed by atoms with Crippen LogP contribution in [0.4, 0.5) is 17.6 Å². The molecule has 1 aromatic rings. The predicted octanol–water partition coefficient (Wildman–Crippen LogP) is 4.12. The van der Waals surface area contributed by atoms with Crippen molar-refractivity contribution in [1.29, 1.82) is 0 Å². The maximum Gasteiger partial charge on any atom is 0.416 e. The molecule has 2 nitrogen and oxygen atoms in total. The first kappa shape index (κ1) is 21.7. The third kappa shape index (κ3) is 5.13. The molecule has 9 heteroatoms. The van der Waals surface area contributed by atoms with E-state index in [9.17, 15) is 17.6 Å². The van der Waals surface area contributed by atoms with Crippen molar-refractivity contribution in [2.75, 3.05) is 32.9 Å². The van der Waals surface area contributed by atoms with Crippen molar-refractivity contribution in [3.05, 3.63) is 34.3 Å². The van der Waals surface area contributed by atoms with Gasteiger partial charge in [-0.2, -0.15) is 13.2 Å². The lowest BCUT2D eigenvalue weighted by Gasteiger charge is -2.34. The third-order valence-electron chi connectivity index (χ3n) is 3.42. The summed E-state index contributed by atoms with van der Waals surface area (Å²) in [7, 11) is 0. The van der Waals surface area contributed by atoms with Crippen LogP contribution in [0.3, 0.4) is 0 Å². The van der Waals surface area contributed by atoms with E-state index >= 15 is 0 Å². The van der Waals surface area contributed by atoms with Crippen LogP contribution in [0.1, 0.15) is 17.2 Å². The molecule has 1 aliphatic rings. The van der Waals surface area contributed by atoms with Gasteiger partial charge >= 0.3 is 6.18 Å². The Morgan fingerprint density at radius 2 is 1.77 bits per heavy atom. The summed E-state index contributed by atoms with van der Waals surface area (Å²) in [5.74, 6) is 0. The highest BCUT2D eigenvalue weighted by Crippen LogP contribution is 2.35. The standard InChI is InChI=1S/C13H15ClF4N2.2ClH/c14-11-2-1-9(13(16,17)18)7-10(11)12(8-15)20-5-3-19-4-6-20;;/h1-2,7,12,19H,3-6,8H2;2*1H/t12-;;/m0../s1. The predicted molar refractivity (Wildman–Crippen MR) is 84.1 cm³/mol. The van der Waals surface area contributed by atoms with Crippen LogP contribution in [0, 0.1) is 0 Å². The number of hydrogen-bond acceptors (Lipinski definition) is 2. The van der Waals surface area contributed by atoms with Gasteiger partial charge in [0.25, 0.3) is 0 Å². The fourth-order valence-corrected chi connectivity index (χ4v) is 2.59. The molecule has 0 spiro atoms. The average molecular weight is 384 g/mol. The highest BCUT2D eigenvalue weighted by molar-refractivity contribution is 6.31. The molecule has 22 heavy (non-hydrogen) atoms. The minimum atomic E-state index is -4.45. The number of rotatable bonds is 3. The van der Waals surface area contributed by atoms with Crippen LogP contribution in [0.5, 0.6) is 0 Å². The molecule has 1 heterocycles. The van der Waals surface area contributed by atoms with Gasteiger partial charge in [0.05, 0.1) is 11.6 Å². The zero-order valence-electron chi connectivity index (χ0n) is 11.5. The fourth-order valence-electron chi connectivity index (χ4n) is 2.35. The SMILES string of the molecule is Cl.Cl.FC[C@@H](c1cc(C(F)(F)F)ccc1Cl)N1CCNCC1. The maximum absolute atomic E-state index is 13.3. The number of benzene rings is 1. The van der Waals surface area contributed by atoms with E-state index in [2.05, 4.69) is 5.32 Å². The highest BCUT2D eigenvalue weighted by Gasteiger charge is 2.33. The first-order chi connectivity index (χ1) is 9.43. The summed E-state index contributed by atoms with van der Waals surface area (Å²) in [6.45, 7) is 1.78. The lowest BCUT2D eigenvalue weighted by molar-refractivity contribution is -0.137. The second kappa shape index (κ2) is 9.13. The molecule has 2 rings (SSSR count). The Labute approximate surface area is 144 Å². The third-order valence-corrected chi connectivity index (χ3v) is 3.77. The lowest BCUT2D eigenvalue weighted by Crippen LogP contribution is -2.45. The van der Waals surface area contributed by atoms with Crippen molar-refractivity contribution in [3.8, 4) is 0 Å². The number of halogens is 7.